The molecule has 2 nitrogen and oxygen atoms in total. The van der Waals surface area contributed by atoms with Gasteiger partial charge in [-0.3, -0.25) is 0 Å². The summed E-state index contributed by atoms with van der Waals surface area (Å²) in [6.07, 6.45) is -1.45. The van der Waals surface area contributed by atoms with Gasteiger partial charge in [0.1, 0.15) is 0 Å². The van der Waals surface area contributed by atoms with E-state index in [0.29, 0.717) is 12.8 Å². The molecule has 5 heteroatoms. The van der Waals surface area contributed by atoms with Crippen LogP contribution in [0.5, 0.6) is 0 Å². The highest BCUT2D eigenvalue weighted by atomic mass is 19.4. The third kappa shape index (κ3) is 1.99. The minimum atomic E-state index is -4.67. The predicted molar refractivity (Wildman–Crippen MR) is 47.1 cm³/mol. The first-order valence-electron chi connectivity index (χ1n) is 5.39. The molecule has 1 saturated carbocycles. The van der Waals surface area contributed by atoms with Crippen molar-refractivity contribution in [3.05, 3.63) is 0 Å². The minimum Gasteiger partial charge on any atom is -0.359 e. The molecular formula is C10H15F3O2. The lowest BCUT2D eigenvalue weighted by atomic mass is 9.80. The maximum atomic E-state index is 12.5. The summed E-state index contributed by atoms with van der Waals surface area (Å²) in [6.45, 7) is 0. The molecule has 2 rings (SSSR count). The molecule has 2 aliphatic rings. The van der Waals surface area contributed by atoms with Gasteiger partial charge in [0.05, 0.1) is 6.10 Å². The van der Waals surface area contributed by atoms with Crippen molar-refractivity contribution in [2.45, 2.75) is 56.6 Å². The molecule has 0 amide bonds. The van der Waals surface area contributed by atoms with E-state index in [4.69, 9.17) is 4.74 Å². The van der Waals surface area contributed by atoms with Gasteiger partial charge in [0, 0.05) is 6.42 Å². The monoisotopic (exact) mass is 224 g/mol. The van der Waals surface area contributed by atoms with Crippen molar-refractivity contribution in [1.82, 2.24) is 0 Å². The largest absolute Gasteiger partial charge is 0.443 e. The summed E-state index contributed by atoms with van der Waals surface area (Å²) in [6, 6.07) is 0. The van der Waals surface area contributed by atoms with Gasteiger partial charge in [0.2, 0.25) is 0 Å². The first-order valence-corrected chi connectivity index (χ1v) is 5.39. The summed E-state index contributed by atoms with van der Waals surface area (Å²) in [5.74, 6) is -2.69. The van der Waals surface area contributed by atoms with Crippen molar-refractivity contribution >= 4 is 0 Å². The molecule has 88 valence electrons. The van der Waals surface area contributed by atoms with Crippen LogP contribution >= 0.6 is 0 Å². The Hall–Kier alpha value is -0.290. The van der Waals surface area contributed by atoms with Gasteiger partial charge in [0.15, 0.2) is 0 Å². The smallest absolute Gasteiger partial charge is 0.359 e. The SMILES string of the molecule is O[C@@]1(C(F)(F)F)CC[C@H]2CCCC[C@@H]2O1. The molecule has 0 aromatic rings. The quantitative estimate of drug-likeness (QED) is 0.685. The van der Waals surface area contributed by atoms with E-state index in [1.54, 1.807) is 0 Å². The number of aliphatic hydroxyl groups is 1. The lowest BCUT2D eigenvalue weighted by molar-refractivity contribution is -0.397. The number of fused-ring (bicyclic) bond motifs is 1. The fourth-order valence-electron chi connectivity index (χ4n) is 2.56. The van der Waals surface area contributed by atoms with Crippen molar-refractivity contribution < 1.29 is 23.0 Å². The zero-order valence-corrected chi connectivity index (χ0v) is 8.39. The molecule has 1 saturated heterocycles. The zero-order chi connectivity index (χ0) is 11.1. The molecule has 3 atom stereocenters. The number of hydrogen-bond donors (Lipinski definition) is 1. The van der Waals surface area contributed by atoms with Gasteiger partial charge in [0.25, 0.3) is 5.79 Å². The normalized spacial score (nSPS) is 42.4. The minimum absolute atomic E-state index is 0.210. The van der Waals surface area contributed by atoms with E-state index < -0.39 is 18.1 Å². The van der Waals surface area contributed by atoms with Crippen LogP contribution in [0.4, 0.5) is 13.2 Å². The molecule has 0 bridgehead atoms. The molecule has 1 heterocycles. The second-order valence-electron chi connectivity index (χ2n) is 4.52. The maximum Gasteiger partial charge on any atom is 0.443 e. The topological polar surface area (TPSA) is 29.5 Å². The van der Waals surface area contributed by atoms with Crippen molar-refractivity contribution in [3.63, 3.8) is 0 Å². The second-order valence-corrected chi connectivity index (χ2v) is 4.52. The molecule has 2 fully saturated rings. The summed E-state index contributed by atoms with van der Waals surface area (Å²) in [4.78, 5) is 0. The van der Waals surface area contributed by atoms with Gasteiger partial charge in [-0.25, -0.2) is 0 Å². The van der Waals surface area contributed by atoms with E-state index in [-0.39, 0.29) is 12.3 Å². The summed E-state index contributed by atoms with van der Waals surface area (Å²) in [5, 5.41) is 9.40. The first-order chi connectivity index (χ1) is 6.92. The Morgan fingerprint density at radius 1 is 1.13 bits per heavy atom. The van der Waals surface area contributed by atoms with Crippen LogP contribution in [0.2, 0.25) is 0 Å². The molecule has 1 N–H and O–H groups in total. The van der Waals surface area contributed by atoms with Crippen LogP contribution in [-0.2, 0) is 4.74 Å². The zero-order valence-electron chi connectivity index (χ0n) is 8.39. The molecule has 0 aromatic carbocycles. The Labute approximate surface area is 86.4 Å². The van der Waals surface area contributed by atoms with Crippen molar-refractivity contribution in [1.29, 1.82) is 0 Å². The van der Waals surface area contributed by atoms with Gasteiger partial charge in [-0.1, -0.05) is 12.8 Å². The van der Waals surface area contributed by atoms with Crippen LogP contribution in [0, 0.1) is 5.92 Å². The summed E-state index contributed by atoms with van der Waals surface area (Å²) >= 11 is 0. The molecule has 1 aliphatic carbocycles. The molecule has 1 aliphatic heterocycles. The third-order valence-corrected chi connectivity index (χ3v) is 3.48. The van der Waals surface area contributed by atoms with Crippen molar-refractivity contribution in [2.24, 2.45) is 5.92 Å². The Balaban J connectivity index is 2.07. The Kier molecular flexibility index (Phi) is 2.71. The molecular weight excluding hydrogens is 209 g/mol. The van der Waals surface area contributed by atoms with E-state index in [2.05, 4.69) is 0 Å². The van der Waals surface area contributed by atoms with Crippen LogP contribution < -0.4 is 0 Å². The van der Waals surface area contributed by atoms with Crippen molar-refractivity contribution in [2.75, 3.05) is 0 Å². The van der Waals surface area contributed by atoms with E-state index in [9.17, 15) is 18.3 Å². The number of rotatable bonds is 0. The van der Waals surface area contributed by atoms with Gasteiger partial charge >= 0.3 is 6.18 Å². The standard InChI is InChI=1S/C10H15F3O2/c11-10(12,13)9(14)6-5-7-3-1-2-4-8(7)15-9/h7-8,14H,1-6H2/t7-,8+,9+/m1/s1. The summed E-state index contributed by atoms with van der Waals surface area (Å²) in [5.41, 5.74) is 0. The summed E-state index contributed by atoms with van der Waals surface area (Å²) < 4.78 is 42.4. The molecule has 0 unspecified atom stereocenters. The first kappa shape index (κ1) is 11.2. The molecule has 0 aromatic heterocycles. The molecule has 0 radical (unpaired) electrons. The lowest BCUT2D eigenvalue weighted by Crippen LogP contribution is -2.54. The lowest BCUT2D eigenvalue weighted by Gasteiger charge is -2.44. The number of ether oxygens (including phenoxy) is 1. The Bertz CT molecular complexity index is 241. The second kappa shape index (κ2) is 3.63. The highest BCUT2D eigenvalue weighted by molar-refractivity contribution is 4.89. The van der Waals surface area contributed by atoms with Crippen LogP contribution in [0.15, 0.2) is 0 Å². The Morgan fingerprint density at radius 3 is 2.47 bits per heavy atom. The van der Waals surface area contributed by atoms with Gasteiger partial charge in [-0.2, -0.15) is 13.2 Å². The molecule has 15 heavy (non-hydrogen) atoms. The third-order valence-electron chi connectivity index (χ3n) is 3.48. The van der Waals surface area contributed by atoms with E-state index in [0.717, 1.165) is 19.3 Å². The summed E-state index contributed by atoms with van der Waals surface area (Å²) in [7, 11) is 0. The average molecular weight is 224 g/mol. The Morgan fingerprint density at radius 2 is 1.80 bits per heavy atom. The van der Waals surface area contributed by atoms with Crippen LogP contribution in [0.1, 0.15) is 38.5 Å². The number of halogens is 3. The van der Waals surface area contributed by atoms with Gasteiger partial charge < -0.3 is 9.84 Å². The average Bonchev–Trinajstić information content (AvgIpc) is 2.16. The van der Waals surface area contributed by atoms with E-state index >= 15 is 0 Å². The highest BCUT2D eigenvalue weighted by Crippen LogP contribution is 2.45. The maximum absolute atomic E-state index is 12.5. The fraction of sp³-hybridized carbons (Fsp3) is 1.00. The fourth-order valence-corrected chi connectivity index (χ4v) is 2.56. The van der Waals surface area contributed by atoms with Crippen LogP contribution in [-0.4, -0.2) is 23.2 Å². The number of alkyl halides is 3. The highest BCUT2D eigenvalue weighted by Gasteiger charge is 2.58. The van der Waals surface area contributed by atoms with E-state index in [1.807, 2.05) is 0 Å². The predicted octanol–water partition coefficient (Wildman–Crippen LogP) is 2.61. The molecule has 0 spiro atoms. The van der Waals surface area contributed by atoms with Gasteiger partial charge in [-0.15, -0.1) is 0 Å². The van der Waals surface area contributed by atoms with Crippen LogP contribution in [0.25, 0.3) is 0 Å². The van der Waals surface area contributed by atoms with Crippen LogP contribution in [0.3, 0.4) is 0 Å². The van der Waals surface area contributed by atoms with E-state index in [1.165, 1.54) is 0 Å². The van der Waals surface area contributed by atoms with Gasteiger partial charge in [-0.05, 0) is 25.2 Å². The number of hydrogen-bond acceptors (Lipinski definition) is 2. The van der Waals surface area contributed by atoms with Crippen molar-refractivity contribution in [3.8, 4) is 0 Å².